The molecule has 1 unspecified atom stereocenters. The first-order chi connectivity index (χ1) is 9.09. The Labute approximate surface area is 124 Å². The van der Waals surface area contributed by atoms with E-state index in [0.717, 1.165) is 0 Å². The van der Waals surface area contributed by atoms with Crippen LogP contribution in [0, 0.1) is 0 Å². The first-order valence-corrected chi connectivity index (χ1v) is 7.48. The fourth-order valence-corrected chi connectivity index (χ4v) is 2.85. The van der Waals surface area contributed by atoms with Gasteiger partial charge >= 0.3 is 0 Å². The molecule has 102 valence electrons. The quantitative estimate of drug-likeness (QED) is 0.876. The van der Waals surface area contributed by atoms with Crippen LogP contribution in [0.3, 0.4) is 0 Å². The van der Waals surface area contributed by atoms with E-state index in [2.05, 4.69) is 47.8 Å². The molecular formula is C12H15BrN4OS. The lowest BCUT2D eigenvalue weighted by Crippen LogP contribution is -2.34. The van der Waals surface area contributed by atoms with Crippen molar-refractivity contribution in [3.05, 3.63) is 38.8 Å². The van der Waals surface area contributed by atoms with E-state index in [0.29, 0.717) is 16.7 Å². The SMILES string of the molecule is CN(C)C(CNC(=O)c1[nH]ncc1Br)c1ccsc1. The highest BCUT2D eigenvalue weighted by atomic mass is 79.9. The number of likely N-dealkylation sites (N-methyl/N-ethyl adjacent to an activating group) is 1. The highest BCUT2D eigenvalue weighted by Gasteiger charge is 2.17. The van der Waals surface area contributed by atoms with E-state index in [1.807, 2.05) is 19.5 Å². The lowest BCUT2D eigenvalue weighted by atomic mass is 10.1. The van der Waals surface area contributed by atoms with Crippen molar-refractivity contribution in [3.63, 3.8) is 0 Å². The summed E-state index contributed by atoms with van der Waals surface area (Å²) in [5.74, 6) is -0.161. The van der Waals surface area contributed by atoms with Crippen LogP contribution in [0.4, 0.5) is 0 Å². The van der Waals surface area contributed by atoms with Crippen LogP contribution in [0.5, 0.6) is 0 Å². The largest absolute Gasteiger partial charge is 0.349 e. The lowest BCUT2D eigenvalue weighted by molar-refractivity contribution is 0.0936. The third-order valence-corrected chi connectivity index (χ3v) is 4.13. The van der Waals surface area contributed by atoms with Crippen LogP contribution in [0.2, 0.25) is 0 Å². The molecule has 0 spiro atoms. The molecule has 2 aromatic heterocycles. The predicted octanol–water partition coefficient (Wildman–Crippen LogP) is 2.27. The molecule has 2 aromatic rings. The van der Waals surface area contributed by atoms with Gasteiger partial charge in [-0.1, -0.05) is 0 Å². The van der Waals surface area contributed by atoms with Crippen LogP contribution in [0.1, 0.15) is 22.1 Å². The lowest BCUT2D eigenvalue weighted by Gasteiger charge is -2.23. The molecule has 7 heteroatoms. The van der Waals surface area contributed by atoms with Gasteiger partial charge in [0.1, 0.15) is 5.69 Å². The summed E-state index contributed by atoms with van der Waals surface area (Å²) in [7, 11) is 4.00. The number of hydrogen-bond acceptors (Lipinski definition) is 4. The van der Waals surface area contributed by atoms with Gasteiger partial charge in [-0.15, -0.1) is 0 Å². The molecule has 0 fully saturated rings. The molecule has 19 heavy (non-hydrogen) atoms. The number of nitrogens with one attached hydrogen (secondary N) is 2. The van der Waals surface area contributed by atoms with Gasteiger partial charge in [0, 0.05) is 6.54 Å². The molecule has 1 amide bonds. The Bertz CT molecular complexity index is 538. The summed E-state index contributed by atoms with van der Waals surface area (Å²) in [5, 5.41) is 13.5. The summed E-state index contributed by atoms with van der Waals surface area (Å²) in [4.78, 5) is 14.1. The number of carbonyl (C=O) groups is 1. The van der Waals surface area contributed by atoms with Crippen molar-refractivity contribution >= 4 is 33.2 Å². The zero-order chi connectivity index (χ0) is 13.8. The van der Waals surface area contributed by atoms with E-state index in [9.17, 15) is 4.79 Å². The van der Waals surface area contributed by atoms with Gasteiger partial charge in [0.2, 0.25) is 0 Å². The van der Waals surface area contributed by atoms with Gasteiger partial charge < -0.3 is 10.2 Å². The number of H-pyrrole nitrogens is 1. The number of amides is 1. The Kier molecular flexibility index (Phi) is 4.73. The van der Waals surface area contributed by atoms with Crippen LogP contribution >= 0.6 is 27.3 Å². The molecule has 0 aromatic carbocycles. The van der Waals surface area contributed by atoms with E-state index in [4.69, 9.17) is 0 Å². The molecule has 2 N–H and O–H groups in total. The zero-order valence-electron chi connectivity index (χ0n) is 10.7. The highest BCUT2D eigenvalue weighted by Crippen LogP contribution is 2.20. The number of nitrogens with zero attached hydrogens (tertiary/aromatic N) is 2. The molecule has 0 radical (unpaired) electrons. The Morgan fingerprint density at radius 1 is 1.63 bits per heavy atom. The maximum Gasteiger partial charge on any atom is 0.270 e. The average molecular weight is 343 g/mol. The number of carbonyl (C=O) groups excluding carboxylic acids is 1. The van der Waals surface area contributed by atoms with Crippen molar-refractivity contribution in [1.82, 2.24) is 20.4 Å². The second kappa shape index (κ2) is 6.31. The maximum absolute atomic E-state index is 12.0. The van der Waals surface area contributed by atoms with Crippen LogP contribution in [-0.2, 0) is 0 Å². The standard InChI is InChI=1S/C12H15BrN4OS/c1-17(2)10(8-3-4-19-7-8)6-14-12(18)11-9(13)5-15-16-11/h3-5,7,10H,6H2,1-2H3,(H,14,18)(H,15,16). The van der Waals surface area contributed by atoms with Crippen molar-refractivity contribution in [3.8, 4) is 0 Å². The first kappa shape index (κ1) is 14.2. The summed E-state index contributed by atoms with van der Waals surface area (Å²) in [6.45, 7) is 0.550. The van der Waals surface area contributed by atoms with E-state index in [1.165, 1.54) is 5.56 Å². The van der Waals surface area contributed by atoms with Crippen molar-refractivity contribution in [2.45, 2.75) is 6.04 Å². The molecule has 2 rings (SSSR count). The van der Waals surface area contributed by atoms with Gasteiger partial charge in [-0.3, -0.25) is 9.89 Å². The van der Waals surface area contributed by atoms with Crippen molar-refractivity contribution in [2.75, 3.05) is 20.6 Å². The summed E-state index contributed by atoms with van der Waals surface area (Å²) in [6, 6.07) is 2.24. The third kappa shape index (κ3) is 3.43. The Morgan fingerprint density at radius 3 is 2.95 bits per heavy atom. The van der Waals surface area contributed by atoms with E-state index in [-0.39, 0.29) is 11.9 Å². The minimum absolute atomic E-state index is 0.161. The number of thiophene rings is 1. The van der Waals surface area contributed by atoms with Crippen molar-refractivity contribution in [2.24, 2.45) is 0 Å². The molecule has 0 bridgehead atoms. The summed E-state index contributed by atoms with van der Waals surface area (Å²) < 4.78 is 0.668. The fourth-order valence-electron chi connectivity index (χ4n) is 1.77. The number of halogens is 1. The summed E-state index contributed by atoms with van der Waals surface area (Å²) in [5.41, 5.74) is 1.65. The second-order valence-electron chi connectivity index (χ2n) is 4.34. The Hall–Kier alpha value is -1.18. The summed E-state index contributed by atoms with van der Waals surface area (Å²) >= 11 is 4.93. The predicted molar refractivity (Wildman–Crippen MR) is 79.4 cm³/mol. The topological polar surface area (TPSA) is 61.0 Å². The van der Waals surface area contributed by atoms with Gasteiger partial charge in [0.25, 0.3) is 5.91 Å². The maximum atomic E-state index is 12.0. The number of hydrogen-bond donors (Lipinski definition) is 2. The molecule has 1 atom stereocenters. The molecule has 0 aliphatic rings. The van der Waals surface area contributed by atoms with Gasteiger partial charge in [0.05, 0.1) is 16.7 Å². The minimum atomic E-state index is -0.161. The van der Waals surface area contributed by atoms with Crippen LogP contribution in [-0.4, -0.2) is 41.6 Å². The summed E-state index contributed by atoms with van der Waals surface area (Å²) in [6.07, 6.45) is 1.57. The normalized spacial score (nSPS) is 12.6. The van der Waals surface area contributed by atoms with E-state index < -0.39 is 0 Å². The van der Waals surface area contributed by atoms with Crippen LogP contribution in [0.25, 0.3) is 0 Å². The van der Waals surface area contributed by atoms with Gasteiger partial charge in [-0.2, -0.15) is 16.4 Å². The first-order valence-electron chi connectivity index (χ1n) is 5.75. The van der Waals surface area contributed by atoms with Crippen molar-refractivity contribution < 1.29 is 4.79 Å². The van der Waals surface area contributed by atoms with Crippen LogP contribution in [0.15, 0.2) is 27.5 Å². The Morgan fingerprint density at radius 2 is 2.42 bits per heavy atom. The monoisotopic (exact) mass is 342 g/mol. The highest BCUT2D eigenvalue weighted by molar-refractivity contribution is 9.10. The number of aromatic amines is 1. The minimum Gasteiger partial charge on any atom is -0.349 e. The number of aromatic nitrogens is 2. The fraction of sp³-hybridized carbons (Fsp3) is 0.333. The zero-order valence-corrected chi connectivity index (χ0v) is 13.1. The van der Waals surface area contributed by atoms with Crippen molar-refractivity contribution in [1.29, 1.82) is 0 Å². The molecule has 0 aliphatic carbocycles. The van der Waals surface area contributed by atoms with Crippen LogP contribution < -0.4 is 5.32 Å². The van der Waals surface area contributed by atoms with E-state index >= 15 is 0 Å². The third-order valence-electron chi connectivity index (χ3n) is 2.83. The molecule has 0 saturated carbocycles. The van der Waals surface area contributed by atoms with Gasteiger partial charge in [-0.05, 0) is 52.4 Å². The van der Waals surface area contributed by atoms with Gasteiger partial charge in [-0.25, -0.2) is 0 Å². The Balaban J connectivity index is 2.00. The molecule has 2 heterocycles. The number of rotatable bonds is 5. The van der Waals surface area contributed by atoms with E-state index in [1.54, 1.807) is 17.5 Å². The van der Waals surface area contributed by atoms with Gasteiger partial charge in [0.15, 0.2) is 0 Å². The molecule has 5 nitrogen and oxygen atoms in total. The second-order valence-corrected chi connectivity index (χ2v) is 5.97. The molecule has 0 aliphatic heterocycles. The average Bonchev–Trinajstić information content (AvgIpc) is 3.00. The smallest absolute Gasteiger partial charge is 0.270 e. The molecule has 0 saturated heterocycles. The molecular weight excluding hydrogens is 328 g/mol.